The maximum Gasteiger partial charge on any atom is 0.153 e. The van der Waals surface area contributed by atoms with Crippen LogP contribution in [-0.2, 0) is 0 Å². The summed E-state index contributed by atoms with van der Waals surface area (Å²) < 4.78 is 0. The van der Waals surface area contributed by atoms with Crippen molar-refractivity contribution < 1.29 is 0 Å². The Hall–Kier alpha value is -7.55. The summed E-state index contributed by atoms with van der Waals surface area (Å²) in [6.45, 7) is 1.69. The number of rotatable bonds is 0. The Morgan fingerprint density at radius 2 is 0.371 bits per heavy atom. The lowest BCUT2D eigenvalue weighted by molar-refractivity contribution is 1.55. The summed E-state index contributed by atoms with van der Waals surface area (Å²) in [7, 11) is 0. The quantitative estimate of drug-likeness (QED) is 0.522. The molecule has 0 bridgehead atoms. The molecule has 144 valence electrons. The third-order valence-electron chi connectivity index (χ3n) is 2.06. The lowest BCUT2D eigenvalue weighted by Crippen LogP contribution is -1.57. The molecule has 0 heterocycles. The molecular formula is C34H3N. The van der Waals surface area contributed by atoms with Gasteiger partial charge in [0.15, 0.2) is 6.07 Å². The number of hydrogen-bond acceptors (Lipinski definition) is 1. The first-order valence-electron chi connectivity index (χ1n) is 8.72. The maximum absolute atomic E-state index is 8.16. The van der Waals surface area contributed by atoms with E-state index in [9.17, 15) is 0 Å². The van der Waals surface area contributed by atoms with Gasteiger partial charge in [-0.25, -0.2) is 0 Å². The molecule has 0 amide bonds. The summed E-state index contributed by atoms with van der Waals surface area (Å²) in [5, 5.41) is 8.16. The van der Waals surface area contributed by atoms with E-state index in [1.54, 1.807) is 13.0 Å². The average Bonchev–Trinajstić information content (AvgIpc) is 2.87. The van der Waals surface area contributed by atoms with E-state index in [0.717, 1.165) is 0 Å². The molecule has 0 saturated carbocycles. The molecule has 0 aliphatic rings. The van der Waals surface area contributed by atoms with E-state index in [1.807, 2.05) is 0 Å². The minimum Gasteiger partial charge on any atom is -0.183 e. The van der Waals surface area contributed by atoms with Crippen molar-refractivity contribution in [2.75, 3.05) is 0 Å². The topological polar surface area (TPSA) is 23.8 Å². The fourth-order valence-corrected chi connectivity index (χ4v) is 0.997. The van der Waals surface area contributed by atoms with Crippen LogP contribution in [0.5, 0.6) is 0 Å². The van der Waals surface area contributed by atoms with Gasteiger partial charge in [0.2, 0.25) is 0 Å². The summed E-state index contributed by atoms with van der Waals surface area (Å²) in [5.41, 5.74) is 0. The highest BCUT2D eigenvalue weighted by atomic mass is 14.2. The van der Waals surface area contributed by atoms with Crippen molar-refractivity contribution in [1.29, 1.82) is 5.26 Å². The minimum absolute atomic E-state index is 1.63. The minimum atomic E-state index is 1.63. The van der Waals surface area contributed by atoms with E-state index in [-0.39, 0.29) is 0 Å². The van der Waals surface area contributed by atoms with Crippen molar-refractivity contribution in [3.05, 3.63) is 0 Å². The lowest BCUT2D eigenvalue weighted by Gasteiger charge is -1.57. The van der Waals surface area contributed by atoms with Gasteiger partial charge in [-0.3, -0.25) is 0 Å². The number of nitrogens with zero attached hydrogens (tertiary/aromatic N) is 1. The molecule has 0 aliphatic heterocycles. The van der Waals surface area contributed by atoms with Gasteiger partial charge in [0, 0.05) is 136 Å². The molecule has 0 radical (unpaired) electrons. The zero-order chi connectivity index (χ0) is 25.3. The van der Waals surface area contributed by atoms with Gasteiger partial charge in [-0.2, -0.15) is 5.26 Å². The Morgan fingerprint density at radius 3 is 0.514 bits per heavy atom. The molecule has 1 nitrogen and oxygen atoms in total. The molecule has 0 rings (SSSR count). The third-order valence-corrected chi connectivity index (χ3v) is 2.06. The van der Waals surface area contributed by atoms with Crippen LogP contribution in [0.1, 0.15) is 6.92 Å². The molecular weight excluding hydrogens is 422 g/mol. The van der Waals surface area contributed by atoms with Gasteiger partial charge in [0.25, 0.3) is 0 Å². The van der Waals surface area contributed by atoms with Gasteiger partial charge in [-0.05, 0) is 54.3 Å². The molecule has 0 spiro atoms. The summed E-state index contributed by atoms with van der Waals surface area (Å²) >= 11 is 0. The fraction of sp³-hybridized carbons (Fsp3) is 0.0294. The van der Waals surface area contributed by atoms with Crippen LogP contribution in [0.2, 0.25) is 0 Å². The van der Waals surface area contributed by atoms with Crippen LogP contribution in [0, 0.1) is 201 Å². The Labute approximate surface area is 207 Å². The van der Waals surface area contributed by atoms with Crippen molar-refractivity contribution in [3.8, 4) is 196 Å². The van der Waals surface area contributed by atoms with Crippen LogP contribution in [0.15, 0.2) is 0 Å². The molecule has 0 N–H and O–H groups in total. The largest absolute Gasteiger partial charge is 0.183 e. The molecule has 0 saturated heterocycles. The van der Waals surface area contributed by atoms with E-state index in [0.29, 0.717) is 0 Å². The van der Waals surface area contributed by atoms with E-state index in [4.69, 9.17) is 5.26 Å². The van der Waals surface area contributed by atoms with Crippen LogP contribution in [-0.4, -0.2) is 0 Å². The Balaban J connectivity index is 4.49. The SMILES string of the molecule is CC#CC#CC#CC#CC#CC#CC#CC#CC#CC#CC#CC#CC#CC#CC#CC#CC#N. The standard InChI is InChI=1S/C34H3N/c1-2-3-4-5-6-7-8-9-10-11-12-13-14-15-16-17-18-19-20-21-22-23-24-25-26-27-28-29-30-31-32-33-34-35/h1H3. The smallest absolute Gasteiger partial charge is 0.153 e. The second-order valence-corrected chi connectivity index (χ2v) is 4.24. The normalized spacial score (nSPS) is 3.89. The summed E-state index contributed by atoms with van der Waals surface area (Å²) in [6, 6.07) is 1.63. The van der Waals surface area contributed by atoms with Crippen molar-refractivity contribution in [2.45, 2.75) is 6.92 Å². The maximum atomic E-state index is 8.16. The van der Waals surface area contributed by atoms with Crippen molar-refractivity contribution in [3.63, 3.8) is 0 Å². The molecule has 1 heteroatoms. The zero-order valence-corrected chi connectivity index (χ0v) is 17.9. The van der Waals surface area contributed by atoms with Gasteiger partial charge < -0.3 is 0 Å². The van der Waals surface area contributed by atoms with Gasteiger partial charge >= 0.3 is 0 Å². The highest BCUT2D eigenvalue weighted by Crippen LogP contribution is 1.60. The first-order valence-corrected chi connectivity index (χ1v) is 8.72. The van der Waals surface area contributed by atoms with Crippen molar-refractivity contribution in [1.82, 2.24) is 0 Å². The van der Waals surface area contributed by atoms with Gasteiger partial charge in [0.05, 0.1) is 0 Å². The van der Waals surface area contributed by atoms with E-state index >= 15 is 0 Å². The summed E-state index contributed by atoms with van der Waals surface area (Å²) in [5.74, 6) is 79.0. The van der Waals surface area contributed by atoms with Crippen molar-refractivity contribution >= 4 is 0 Å². The fourth-order valence-electron chi connectivity index (χ4n) is 0.997. The van der Waals surface area contributed by atoms with Gasteiger partial charge in [0.1, 0.15) is 0 Å². The van der Waals surface area contributed by atoms with Crippen LogP contribution >= 0.6 is 0 Å². The van der Waals surface area contributed by atoms with Crippen molar-refractivity contribution in [2.24, 2.45) is 0 Å². The van der Waals surface area contributed by atoms with Crippen LogP contribution in [0.25, 0.3) is 0 Å². The molecule has 0 aromatic carbocycles. The molecule has 0 fully saturated rings. The molecule has 0 atom stereocenters. The average molecular weight is 425 g/mol. The predicted molar refractivity (Wildman–Crippen MR) is 136 cm³/mol. The molecule has 35 heavy (non-hydrogen) atoms. The molecule has 0 aromatic rings. The third kappa shape index (κ3) is 26.5. The Bertz CT molecular complexity index is 1940. The predicted octanol–water partition coefficient (Wildman–Crippen LogP) is 0.584. The van der Waals surface area contributed by atoms with Crippen LogP contribution in [0.4, 0.5) is 0 Å². The van der Waals surface area contributed by atoms with Crippen LogP contribution in [0.3, 0.4) is 0 Å². The monoisotopic (exact) mass is 425 g/mol. The Kier molecular flexibility index (Phi) is 20.7. The first-order chi connectivity index (χ1) is 17.4. The second kappa shape index (κ2) is 26.5. The molecule has 0 aromatic heterocycles. The highest BCUT2D eigenvalue weighted by Gasteiger charge is 1.60. The van der Waals surface area contributed by atoms with E-state index in [1.165, 1.54) is 0 Å². The van der Waals surface area contributed by atoms with E-state index in [2.05, 4.69) is 189 Å². The molecule has 0 aliphatic carbocycles. The van der Waals surface area contributed by atoms with Gasteiger partial charge in [-0.1, -0.05) is 5.92 Å². The highest BCUT2D eigenvalue weighted by molar-refractivity contribution is 5.49. The summed E-state index contributed by atoms with van der Waals surface area (Å²) in [4.78, 5) is 0. The Morgan fingerprint density at radius 1 is 0.229 bits per heavy atom. The first kappa shape index (κ1) is 27.4. The van der Waals surface area contributed by atoms with Crippen LogP contribution < -0.4 is 0 Å². The summed E-state index contributed by atoms with van der Waals surface area (Å²) in [6.07, 6.45) is 0. The molecule has 0 unspecified atom stereocenters. The van der Waals surface area contributed by atoms with Gasteiger partial charge in [-0.15, -0.1) is 0 Å². The lowest BCUT2D eigenvalue weighted by atomic mass is 10.4. The van der Waals surface area contributed by atoms with E-state index < -0.39 is 0 Å². The zero-order valence-electron chi connectivity index (χ0n) is 17.9. The second-order valence-electron chi connectivity index (χ2n) is 4.24. The number of nitriles is 1. The number of hydrogen-bond donors (Lipinski definition) is 0.